The number of ether oxygens (including phenoxy) is 3. The standard InChI is InChI=1S/C22H20ClN3O4/c23-15-4-5-18(25-9-15)22(27)26-10-20-21(11-26)29-13-16(12-28-20)30-19-3-1-2-14-8-24-7-6-17(14)19/h1-9,16,20-21H,10-13H2/t20-,21-/m0/s1. The van der Waals surface area contributed by atoms with Gasteiger partial charge in [0.2, 0.25) is 0 Å². The number of carbonyl (C=O) groups excluding carboxylic acids is 1. The molecule has 7 nitrogen and oxygen atoms in total. The lowest BCUT2D eigenvalue weighted by atomic mass is 10.1. The SMILES string of the molecule is O=C(c1ccc(Cl)cn1)N1C[C@@H]2OCC(Oc3cccc4cnccc34)CO[C@H]2C1. The molecule has 0 aliphatic carbocycles. The number of hydrogen-bond donors (Lipinski definition) is 0. The minimum Gasteiger partial charge on any atom is -0.485 e. The van der Waals surface area contributed by atoms with Crippen molar-refractivity contribution in [3.63, 3.8) is 0 Å². The summed E-state index contributed by atoms with van der Waals surface area (Å²) in [6, 6.07) is 11.1. The number of fused-ring (bicyclic) bond motifs is 2. The number of amides is 1. The summed E-state index contributed by atoms with van der Waals surface area (Å²) in [7, 11) is 0. The van der Waals surface area contributed by atoms with Gasteiger partial charge >= 0.3 is 0 Å². The van der Waals surface area contributed by atoms with Crippen LogP contribution in [0.5, 0.6) is 5.75 Å². The maximum Gasteiger partial charge on any atom is 0.272 e. The molecule has 1 aromatic carbocycles. The molecule has 0 saturated carbocycles. The molecule has 0 unspecified atom stereocenters. The molecule has 3 aromatic rings. The summed E-state index contributed by atoms with van der Waals surface area (Å²) in [5.41, 5.74) is 0.363. The van der Waals surface area contributed by atoms with Gasteiger partial charge in [0.1, 0.15) is 29.8 Å². The van der Waals surface area contributed by atoms with Crippen LogP contribution >= 0.6 is 11.6 Å². The van der Waals surface area contributed by atoms with E-state index in [1.165, 1.54) is 6.20 Å². The third kappa shape index (κ3) is 3.84. The summed E-state index contributed by atoms with van der Waals surface area (Å²) in [4.78, 5) is 22.7. The highest BCUT2D eigenvalue weighted by Gasteiger charge is 2.40. The second kappa shape index (κ2) is 8.18. The quantitative estimate of drug-likeness (QED) is 0.642. The zero-order valence-electron chi connectivity index (χ0n) is 16.1. The maximum atomic E-state index is 12.7. The van der Waals surface area contributed by atoms with Crippen LogP contribution < -0.4 is 4.74 Å². The monoisotopic (exact) mass is 425 g/mol. The van der Waals surface area contributed by atoms with Crippen molar-refractivity contribution >= 4 is 28.3 Å². The van der Waals surface area contributed by atoms with E-state index < -0.39 is 0 Å². The fourth-order valence-corrected chi connectivity index (χ4v) is 3.96. The topological polar surface area (TPSA) is 73.8 Å². The molecule has 8 heteroatoms. The molecule has 0 spiro atoms. The van der Waals surface area contributed by atoms with Crippen molar-refractivity contribution in [3.8, 4) is 5.75 Å². The molecule has 1 amide bonds. The lowest BCUT2D eigenvalue weighted by Gasteiger charge is -2.20. The molecule has 154 valence electrons. The molecular formula is C22H20ClN3O4. The van der Waals surface area contributed by atoms with Gasteiger partial charge in [0.15, 0.2) is 0 Å². The third-order valence-electron chi connectivity index (χ3n) is 5.38. The Morgan fingerprint density at radius 1 is 1.07 bits per heavy atom. The average molecular weight is 426 g/mol. The van der Waals surface area contributed by atoms with Crippen LogP contribution in [-0.4, -0.2) is 65.4 Å². The highest BCUT2D eigenvalue weighted by Crippen LogP contribution is 2.27. The van der Waals surface area contributed by atoms with Gasteiger partial charge in [-0.05, 0) is 24.3 Å². The van der Waals surface area contributed by atoms with E-state index in [9.17, 15) is 4.79 Å². The lowest BCUT2D eigenvalue weighted by molar-refractivity contribution is -0.00461. The van der Waals surface area contributed by atoms with Gasteiger partial charge in [0.25, 0.3) is 5.91 Å². The largest absolute Gasteiger partial charge is 0.485 e. The molecule has 0 N–H and O–H groups in total. The first kappa shape index (κ1) is 19.2. The molecule has 5 rings (SSSR count). The molecule has 0 radical (unpaired) electrons. The summed E-state index contributed by atoms with van der Waals surface area (Å²) < 4.78 is 18.3. The molecule has 4 heterocycles. The first-order valence-electron chi connectivity index (χ1n) is 9.81. The summed E-state index contributed by atoms with van der Waals surface area (Å²) in [6.07, 6.45) is 4.44. The van der Waals surface area contributed by atoms with Crippen LogP contribution in [0.15, 0.2) is 55.0 Å². The highest BCUT2D eigenvalue weighted by molar-refractivity contribution is 6.30. The zero-order chi connectivity index (χ0) is 20.5. The Hall–Kier alpha value is -2.74. The van der Waals surface area contributed by atoms with Gasteiger partial charge in [-0.2, -0.15) is 0 Å². The minimum absolute atomic E-state index is 0.149. The van der Waals surface area contributed by atoms with Crippen molar-refractivity contribution in [2.24, 2.45) is 0 Å². The van der Waals surface area contributed by atoms with E-state index in [0.29, 0.717) is 37.0 Å². The molecule has 0 bridgehead atoms. The van der Waals surface area contributed by atoms with Gasteiger partial charge in [-0.15, -0.1) is 0 Å². The second-order valence-electron chi connectivity index (χ2n) is 7.41. The van der Waals surface area contributed by atoms with Crippen LogP contribution in [0.2, 0.25) is 5.02 Å². The van der Waals surface area contributed by atoms with E-state index in [2.05, 4.69) is 9.97 Å². The van der Waals surface area contributed by atoms with Crippen molar-refractivity contribution < 1.29 is 19.0 Å². The predicted octanol–water partition coefficient (Wildman–Crippen LogP) is 2.97. The van der Waals surface area contributed by atoms with Gasteiger partial charge in [-0.1, -0.05) is 23.7 Å². The van der Waals surface area contributed by atoms with Crippen LogP contribution in [0.1, 0.15) is 10.5 Å². The summed E-state index contributed by atoms with van der Waals surface area (Å²) in [6.45, 7) is 1.70. The number of pyridine rings is 2. The Labute approximate surface area is 178 Å². The molecular weight excluding hydrogens is 406 g/mol. The molecule has 2 saturated heterocycles. The molecule has 2 aliphatic rings. The summed E-state index contributed by atoms with van der Waals surface area (Å²) in [5.74, 6) is 0.633. The van der Waals surface area contributed by atoms with Crippen molar-refractivity contribution in [2.75, 3.05) is 26.3 Å². The molecule has 2 aliphatic heterocycles. The Kier molecular flexibility index (Phi) is 5.25. The maximum absolute atomic E-state index is 12.7. The van der Waals surface area contributed by atoms with Crippen LogP contribution in [-0.2, 0) is 9.47 Å². The van der Waals surface area contributed by atoms with Gasteiger partial charge in [-0.3, -0.25) is 9.78 Å². The number of nitrogens with zero attached hydrogens (tertiary/aromatic N) is 3. The fraction of sp³-hybridized carbons (Fsp3) is 0.318. The first-order chi connectivity index (χ1) is 14.7. The summed E-state index contributed by atoms with van der Waals surface area (Å²) >= 11 is 5.86. The van der Waals surface area contributed by atoms with E-state index in [1.807, 2.05) is 30.5 Å². The van der Waals surface area contributed by atoms with Gasteiger partial charge < -0.3 is 19.1 Å². The number of likely N-dealkylation sites (tertiary alicyclic amines) is 1. The van der Waals surface area contributed by atoms with Crippen molar-refractivity contribution in [1.82, 2.24) is 14.9 Å². The molecule has 30 heavy (non-hydrogen) atoms. The molecule has 2 fully saturated rings. The Morgan fingerprint density at radius 3 is 2.60 bits per heavy atom. The van der Waals surface area contributed by atoms with Crippen LogP contribution in [0.4, 0.5) is 0 Å². The number of hydrogen-bond acceptors (Lipinski definition) is 6. The number of carbonyl (C=O) groups is 1. The zero-order valence-corrected chi connectivity index (χ0v) is 16.9. The van der Waals surface area contributed by atoms with Gasteiger partial charge in [0.05, 0.1) is 18.2 Å². The van der Waals surface area contributed by atoms with Crippen molar-refractivity contribution in [3.05, 3.63) is 65.7 Å². The number of aromatic nitrogens is 2. The normalized spacial score (nSPS) is 22.0. The Balaban J connectivity index is 1.23. The predicted molar refractivity (Wildman–Crippen MR) is 111 cm³/mol. The van der Waals surface area contributed by atoms with Crippen molar-refractivity contribution in [1.29, 1.82) is 0 Å². The van der Waals surface area contributed by atoms with Crippen molar-refractivity contribution in [2.45, 2.75) is 18.3 Å². The lowest BCUT2D eigenvalue weighted by Crippen LogP contribution is -2.33. The number of halogens is 1. The summed E-state index contributed by atoms with van der Waals surface area (Å²) in [5, 5.41) is 2.52. The Bertz CT molecular complexity index is 1040. The fourth-order valence-electron chi connectivity index (χ4n) is 3.85. The van der Waals surface area contributed by atoms with Crippen LogP contribution in [0.3, 0.4) is 0 Å². The third-order valence-corrected chi connectivity index (χ3v) is 5.60. The first-order valence-corrected chi connectivity index (χ1v) is 10.2. The van der Waals surface area contributed by atoms with Crippen LogP contribution in [0, 0.1) is 0 Å². The average Bonchev–Trinajstić information content (AvgIpc) is 3.10. The Morgan fingerprint density at radius 2 is 1.87 bits per heavy atom. The van der Waals surface area contributed by atoms with E-state index in [-0.39, 0.29) is 24.2 Å². The van der Waals surface area contributed by atoms with Crippen LogP contribution in [0.25, 0.3) is 10.8 Å². The van der Waals surface area contributed by atoms with Gasteiger partial charge in [-0.25, -0.2) is 4.98 Å². The number of benzene rings is 1. The molecule has 2 atom stereocenters. The van der Waals surface area contributed by atoms with E-state index in [4.69, 9.17) is 25.8 Å². The number of rotatable bonds is 3. The highest BCUT2D eigenvalue weighted by atomic mass is 35.5. The minimum atomic E-state index is -0.226. The van der Waals surface area contributed by atoms with E-state index in [0.717, 1.165) is 16.5 Å². The smallest absolute Gasteiger partial charge is 0.272 e. The molecule has 2 aromatic heterocycles. The second-order valence-corrected chi connectivity index (χ2v) is 7.84. The van der Waals surface area contributed by atoms with E-state index in [1.54, 1.807) is 23.2 Å². The van der Waals surface area contributed by atoms with Gasteiger partial charge in [0, 0.05) is 42.5 Å². The van der Waals surface area contributed by atoms with E-state index >= 15 is 0 Å².